The zero-order valence-electron chi connectivity index (χ0n) is 10.0. The van der Waals surface area contributed by atoms with Crippen molar-refractivity contribution in [3.63, 3.8) is 0 Å². The zero-order valence-corrected chi connectivity index (χ0v) is 10.0. The average molecular weight is 239 g/mol. The van der Waals surface area contributed by atoms with Gasteiger partial charge in [0.2, 0.25) is 0 Å². The lowest BCUT2D eigenvalue weighted by Gasteiger charge is -2.07. The first kappa shape index (κ1) is 11.9. The summed E-state index contributed by atoms with van der Waals surface area (Å²) in [6.07, 6.45) is 1.73. The number of hydrogen-bond acceptors (Lipinski definition) is 5. The van der Waals surface area contributed by atoms with Crippen molar-refractivity contribution in [1.29, 1.82) is 5.26 Å². The van der Waals surface area contributed by atoms with E-state index in [4.69, 9.17) is 11.0 Å². The molecule has 18 heavy (non-hydrogen) atoms. The first-order chi connectivity index (χ1) is 8.69. The highest BCUT2D eigenvalue weighted by Crippen LogP contribution is 2.17. The molecule has 0 saturated heterocycles. The normalized spacial score (nSPS) is 9.78. The van der Waals surface area contributed by atoms with Gasteiger partial charge in [-0.2, -0.15) is 5.26 Å². The molecule has 0 amide bonds. The molecule has 0 radical (unpaired) electrons. The molecule has 0 aliphatic rings. The Hall–Kier alpha value is -2.61. The van der Waals surface area contributed by atoms with Gasteiger partial charge < -0.3 is 11.1 Å². The van der Waals surface area contributed by atoms with Crippen molar-refractivity contribution in [1.82, 2.24) is 9.97 Å². The molecule has 2 rings (SSSR count). The van der Waals surface area contributed by atoms with Crippen LogP contribution >= 0.6 is 0 Å². The Balaban J connectivity index is 2.07. The molecule has 3 N–H and O–H groups in total. The summed E-state index contributed by atoms with van der Waals surface area (Å²) in [6.45, 7) is 2.44. The number of hydrogen-bond donors (Lipinski definition) is 2. The number of rotatable bonds is 3. The van der Waals surface area contributed by atoms with Crippen LogP contribution in [0.15, 0.2) is 30.5 Å². The number of nitriles is 1. The second kappa shape index (κ2) is 5.15. The summed E-state index contributed by atoms with van der Waals surface area (Å²) in [5.74, 6) is 0.744. The minimum Gasteiger partial charge on any atom is -0.398 e. The van der Waals surface area contributed by atoms with Gasteiger partial charge in [-0.15, -0.1) is 0 Å². The van der Waals surface area contributed by atoms with E-state index in [9.17, 15) is 0 Å². The van der Waals surface area contributed by atoms with E-state index >= 15 is 0 Å². The molecule has 0 aliphatic carbocycles. The average Bonchev–Trinajstić information content (AvgIpc) is 2.37. The highest BCUT2D eigenvalue weighted by atomic mass is 14.9. The summed E-state index contributed by atoms with van der Waals surface area (Å²) in [6, 6.07) is 9.15. The van der Waals surface area contributed by atoms with Gasteiger partial charge in [-0.3, -0.25) is 0 Å². The van der Waals surface area contributed by atoms with Gasteiger partial charge in [0, 0.05) is 11.9 Å². The van der Waals surface area contributed by atoms with Gasteiger partial charge in [-0.05, 0) is 31.2 Å². The zero-order chi connectivity index (χ0) is 13.0. The van der Waals surface area contributed by atoms with Crippen molar-refractivity contribution in [3.8, 4) is 6.07 Å². The molecule has 1 aromatic heterocycles. The summed E-state index contributed by atoms with van der Waals surface area (Å²) in [5.41, 5.74) is 8.47. The maximum Gasteiger partial charge on any atom is 0.125 e. The van der Waals surface area contributed by atoms with Crippen molar-refractivity contribution in [2.24, 2.45) is 0 Å². The number of nitrogens with one attached hydrogen (secondary N) is 1. The SMILES string of the molecule is Cc1nccc(CNc2ccc(C#N)c(N)c2)n1. The molecule has 0 fully saturated rings. The number of aromatic nitrogens is 2. The second-order valence-corrected chi connectivity index (χ2v) is 3.86. The van der Waals surface area contributed by atoms with Crippen LogP contribution < -0.4 is 11.1 Å². The molecule has 5 heteroatoms. The molecule has 1 aromatic carbocycles. The molecular weight excluding hydrogens is 226 g/mol. The standard InChI is InChI=1S/C13H13N5/c1-9-16-5-4-12(18-9)8-17-11-3-2-10(7-14)13(15)6-11/h2-6,17H,8,15H2,1H3. The van der Waals surface area contributed by atoms with Crippen molar-refractivity contribution in [2.45, 2.75) is 13.5 Å². The van der Waals surface area contributed by atoms with Crippen molar-refractivity contribution >= 4 is 11.4 Å². The molecule has 2 aromatic rings. The molecule has 0 saturated carbocycles. The molecule has 0 unspecified atom stereocenters. The Morgan fingerprint density at radius 3 is 2.89 bits per heavy atom. The van der Waals surface area contributed by atoms with Gasteiger partial charge in [-0.25, -0.2) is 9.97 Å². The highest BCUT2D eigenvalue weighted by Gasteiger charge is 2.00. The lowest BCUT2D eigenvalue weighted by Crippen LogP contribution is -2.04. The largest absolute Gasteiger partial charge is 0.398 e. The third kappa shape index (κ3) is 2.74. The quantitative estimate of drug-likeness (QED) is 0.798. The number of aryl methyl sites for hydroxylation is 1. The summed E-state index contributed by atoms with van der Waals surface area (Å²) in [4.78, 5) is 8.32. The van der Waals surface area contributed by atoms with Gasteiger partial charge >= 0.3 is 0 Å². The smallest absolute Gasteiger partial charge is 0.125 e. The number of nitrogens with two attached hydrogens (primary N) is 1. The fourth-order valence-corrected chi connectivity index (χ4v) is 1.57. The van der Waals surface area contributed by atoms with Crippen LogP contribution in [-0.4, -0.2) is 9.97 Å². The van der Waals surface area contributed by atoms with E-state index in [-0.39, 0.29) is 0 Å². The number of nitrogen functional groups attached to an aromatic ring is 1. The van der Waals surface area contributed by atoms with E-state index in [1.165, 1.54) is 0 Å². The molecule has 90 valence electrons. The number of anilines is 2. The van der Waals surface area contributed by atoms with E-state index in [2.05, 4.69) is 15.3 Å². The van der Waals surface area contributed by atoms with Gasteiger partial charge in [-0.1, -0.05) is 0 Å². The Labute approximate surface area is 105 Å². The van der Waals surface area contributed by atoms with Crippen LogP contribution in [0.1, 0.15) is 17.1 Å². The number of nitrogens with zero attached hydrogens (tertiary/aromatic N) is 3. The number of benzene rings is 1. The first-order valence-corrected chi connectivity index (χ1v) is 5.51. The van der Waals surface area contributed by atoms with E-state index in [0.29, 0.717) is 17.8 Å². The Morgan fingerprint density at radius 2 is 2.22 bits per heavy atom. The third-order valence-electron chi connectivity index (χ3n) is 2.48. The Kier molecular flexibility index (Phi) is 3.39. The minimum absolute atomic E-state index is 0.473. The fourth-order valence-electron chi connectivity index (χ4n) is 1.57. The first-order valence-electron chi connectivity index (χ1n) is 5.51. The van der Waals surface area contributed by atoms with Gasteiger partial charge in [0.1, 0.15) is 11.9 Å². The van der Waals surface area contributed by atoms with Crippen LogP contribution in [0, 0.1) is 18.3 Å². The molecule has 0 spiro atoms. The van der Waals surface area contributed by atoms with E-state index < -0.39 is 0 Å². The monoisotopic (exact) mass is 239 g/mol. The summed E-state index contributed by atoms with van der Waals surface area (Å²) in [5, 5.41) is 12.0. The van der Waals surface area contributed by atoms with E-state index in [1.807, 2.05) is 25.1 Å². The van der Waals surface area contributed by atoms with Crippen molar-refractivity contribution < 1.29 is 0 Å². The topological polar surface area (TPSA) is 87.6 Å². The third-order valence-corrected chi connectivity index (χ3v) is 2.48. The minimum atomic E-state index is 0.473. The van der Waals surface area contributed by atoms with Gasteiger partial charge in [0.15, 0.2) is 0 Å². The van der Waals surface area contributed by atoms with Crippen LogP contribution in [0.2, 0.25) is 0 Å². The van der Waals surface area contributed by atoms with E-state index in [0.717, 1.165) is 17.2 Å². The molecule has 0 bridgehead atoms. The maximum absolute atomic E-state index is 8.78. The Bertz CT molecular complexity index is 601. The molecule has 0 atom stereocenters. The molecule has 1 heterocycles. The van der Waals surface area contributed by atoms with E-state index in [1.54, 1.807) is 18.3 Å². The molecule has 5 nitrogen and oxygen atoms in total. The van der Waals surface area contributed by atoms with Gasteiger partial charge in [0.05, 0.1) is 23.5 Å². The predicted molar refractivity (Wildman–Crippen MR) is 69.7 cm³/mol. The molecular formula is C13H13N5. The van der Waals surface area contributed by atoms with Crippen LogP contribution in [0.3, 0.4) is 0 Å². The highest BCUT2D eigenvalue weighted by molar-refractivity contribution is 5.62. The maximum atomic E-state index is 8.78. The van der Waals surface area contributed by atoms with Crippen molar-refractivity contribution in [3.05, 3.63) is 47.5 Å². The van der Waals surface area contributed by atoms with Gasteiger partial charge in [0.25, 0.3) is 0 Å². The Morgan fingerprint density at radius 1 is 1.39 bits per heavy atom. The summed E-state index contributed by atoms with van der Waals surface area (Å²) in [7, 11) is 0. The summed E-state index contributed by atoms with van der Waals surface area (Å²) >= 11 is 0. The van der Waals surface area contributed by atoms with Crippen molar-refractivity contribution in [2.75, 3.05) is 11.1 Å². The van der Waals surface area contributed by atoms with Crippen LogP contribution in [0.5, 0.6) is 0 Å². The lowest BCUT2D eigenvalue weighted by molar-refractivity contribution is 0.955. The fraction of sp³-hybridized carbons (Fsp3) is 0.154. The summed E-state index contributed by atoms with van der Waals surface area (Å²) < 4.78 is 0. The van der Waals surface area contributed by atoms with Crippen LogP contribution in [0.25, 0.3) is 0 Å². The second-order valence-electron chi connectivity index (χ2n) is 3.86. The predicted octanol–water partition coefficient (Wildman–Crippen LogP) is 1.85. The van der Waals surface area contributed by atoms with Crippen LogP contribution in [-0.2, 0) is 6.54 Å². The molecule has 0 aliphatic heterocycles. The lowest BCUT2D eigenvalue weighted by atomic mass is 10.2. The van der Waals surface area contributed by atoms with Crippen LogP contribution in [0.4, 0.5) is 11.4 Å².